The molecule has 0 aliphatic heterocycles. The van der Waals surface area contributed by atoms with E-state index >= 15 is 0 Å². The SMILES string of the molecule is CNC(C)(COCC1CC1)C(=O)OC. The Morgan fingerprint density at radius 3 is 2.64 bits per heavy atom. The number of likely N-dealkylation sites (N-methyl/N-ethyl adjacent to an activating group) is 1. The second-order valence-corrected chi connectivity index (χ2v) is 4.03. The van der Waals surface area contributed by atoms with Gasteiger partial charge in [0.25, 0.3) is 0 Å². The molecule has 4 nitrogen and oxygen atoms in total. The number of carbonyl (C=O) groups excluding carboxylic acids is 1. The molecule has 1 saturated carbocycles. The molecule has 0 heterocycles. The zero-order valence-corrected chi connectivity index (χ0v) is 9.13. The van der Waals surface area contributed by atoms with Crippen LogP contribution < -0.4 is 5.32 Å². The highest BCUT2D eigenvalue weighted by Gasteiger charge is 2.33. The average molecular weight is 201 g/mol. The van der Waals surface area contributed by atoms with Crippen LogP contribution in [0.25, 0.3) is 0 Å². The van der Waals surface area contributed by atoms with Crippen molar-refractivity contribution in [1.29, 1.82) is 0 Å². The highest BCUT2D eigenvalue weighted by molar-refractivity contribution is 5.80. The van der Waals surface area contributed by atoms with Gasteiger partial charge in [-0.25, -0.2) is 4.79 Å². The first-order chi connectivity index (χ1) is 6.62. The molecule has 14 heavy (non-hydrogen) atoms. The van der Waals surface area contributed by atoms with Gasteiger partial charge in [-0.15, -0.1) is 0 Å². The molecule has 4 heteroatoms. The number of ether oxygens (including phenoxy) is 2. The van der Waals surface area contributed by atoms with Gasteiger partial charge in [-0.3, -0.25) is 0 Å². The summed E-state index contributed by atoms with van der Waals surface area (Å²) in [5.74, 6) is 0.435. The predicted octanol–water partition coefficient (Wildman–Crippen LogP) is 0.564. The van der Waals surface area contributed by atoms with E-state index in [1.165, 1.54) is 20.0 Å². The molecular weight excluding hydrogens is 182 g/mol. The lowest BCUT2D eigenvalue weighted by atomic mass is 10.1. The zero-order chi connectivity index (χ0) is 10.6. The molecule has 0 aromatic heterocycles. The molecule has 0 bridgehead atoms. The highest BCUT2D eigenvalue weighted by Crippen LogP contribution is 2.29. The maximum absolute atomic E-state index is 11.4. The maximum atomic E-state index is 11.4. The minimum Gasteiger partial charge on any atom is -0.468 e. The molecule has 1 fully saturated rings. The second kappa shape index (κ2) is 4.75. The van der Waals surface area contributed by atoms with Gasteiger partial charge in [0.2, 0.25) is 0 Å². The van der Waals surface area contributed by atoms with Gasteiger partial charge in [-0.05, 0) is 32.7 Å². The Morgan fingerprint density at radius 2 is 2.21 bits per heavy atom. The van der Waals surface area contributed by atoms with Gasteiger partial charge in [-0.1, -0.05) is 0 Å². The third kappa shape index (κ3) is 2.96. The Bertz CT molecular complexity index is 204. The maximum Gasteiger partial charge on any atom is 0.328 e. The number of nitrogens with one attached hydrogen (secondary N) is 1. The van der Waals surface area contributed by atoms with Gasteiger partial charge >= 0.3 is 5.97 Å². The van der Waals surface area contributed by atoms with Gasteiger partial charge in [0.1, 0.15) is 5.54 Å². The molecule has 0 amide bonds. The summed E-state index contributed by atoms with van der Waals surface area (Å²) >= 11 is 0. The summed E-state index contributed by atoms with van der Waals surface area (Å²) in [7, 11) is 3.12. The zero-order valence-electron chi connectivity index (χ0n) is 9.13. The molecule has 1 rings (SSSR count). The van der Waals surface area contributed by atoms with Crippen LogP contribution in [0.4, 0.5) is 0 Å². The number of rotatable bonds is 6. The van der Waals surface area contributed by atoms with E-state index in [0.29, 0.717) is 12.5 Å². The quantitative estimate of drug-likeness (QED) is 0.638. The van der Waals surface area contributed by atoms with Crippen molar-refractivity contribution in [2.24, 2.45) is 5.92 Å². The van der Waals surface area contributed by atoms with Gasteiger partial charge in [-0.2, -0.15) is 0 Å². The molecule has 1 N–H and O–H groups in total. The summed E-state index contributed by atoms with van der Waals surface area (Å²) in [6.07, 6.45) is 2.52. The van der Waals surface area contributed by atoms with E-state index in [-0.39, 0.29) is 5.97 Å². The molecule has 82 valence electrons. The molecule has 0 spiro atoms. The van der Waals surface area contributed by atoms with Crippen LogP contribution in [0, 0.1) is 5.92 Å². The first kappa shape index (κ1) is 11.5. The Labute approximate surface area is 85.0 Å². The molecule has 1 aliphatic carbocycles. The molecule has 1 unspecified atom stereocenters. The first-order valence-corrected chi connectivity index (χ1v) is 4.97. The predicted molar refractivity (Wildman–Crippen MR) is 53.0 cm³/mol. The van der Waals surface area contributed by atoms with Crippen molar-refractivity contribution in [2.75, 3.05) is 27.4 Å². The van der Waals surface area contributed by atoms with Crippen LogP contribution >= 0.6 is 0 Å². The smallest absolute Gasteiger partial charge is 0.328 e. The number of hydrogen-bond donors (Lipinski definition) is 1. The van der Waals surface area contributed by atoms with Crippen LogP contribution in [0.2, 0.25) is 0 Å². The van der Waals surface area contributed by atoms with Crippen molar-refractivity contribution in [1.82, 2.24) is 5.32 Å². The first-order valence-electron chi connectivity index (χ1n) is 4.97. The molecule has 0 aromatic rings. The summed E-state index contributed by atoms with van der Waals surface area (Å²) in [6, 6.07) is 0. The number of hydrogen-bond acceptors (Lipinski definition) is 4. The lowest BCUT2D eigenvalue weighted by Crippen LogP contribution is -2.52. The summed E-state index contributed by atoms with van der Waals surface area (Å²) in [6.45, 7) is 2.91. The fourth-order valence-electron chi connectivity index (χ4n) is 1.17. The van der Waals surface area contributed by atoms with E-state index < -0.39 is 5.54 Å². The standard InChI is InChI=1S/C10H19NO3/c1-10(11-2,9(12)13-3)7-14-6-8-4-5-8/h8,11H,4-7H2,1-3H3. The van der Waals surface area contributed by atoms with Gasteiger partial charge in [0.05, 0.1) is 13.7 Å². The average Bonchev–Trinajstić information content (AvgIpc) is 3.00. The van der Waals surface area contributed by atoms with E-state index in [9.17, 15) is 4.79 Å². The Hall–Kier alpha value is -0.610. The molecular formula is C10H19NO3. The van der Waals surface area contributed by atoms with Crippen molar-refractivity contribution in [3.8, 4) is 0 Å². The fourth-order valence-corrected chi connectivity index (χ4v) is 1.17. The molecule has 1 aliphatic rings. The lowest BCUT2D eigenvalue weighted by Gasteiger charge is -2.25. The largest absolute Gasteiger partial charge is 0.468 e. The molecule has 0 saturated heterocycles. The topological polar surface area (TPSA) is 47.6 Å². The summed E-state index contributed by atoms with van der Waals surface area (Å²) in [5.41, 5.74) is -0.719. The third-order valence-corrected chi connectivity index (χ3v) is 2.63. The Balaban J connectivity index is 2.30. The van der Waals surface area contributed by atoms with Crippen LogP contribution in [0.15, 0.2) is 0 Å². The van der Waals surface area contributed by atoms with Crippen molar-refractivity contribution in [3.05, 3.63) is 0 Å². The van der Waals surface area contributed by atoms with Gasteiger partial charge < -0.3 is 14.8 Å². The molecule has 0 radical (unpaired) electrons. The van der Waals surface area contributed by atoms with E-state index in [1.807, 2.05) is 0 Å². The van der Waals surface area contributed by atoms with Gasteiger partial charge in [0.15, 0.2) is 0 Å². The molecule has 0 aromatic carbocycles. The van der Waals surface area contributed by atoms with Crippen LogP contribution in [0.3, 0.4) is 0 Å². The summed E-state index contributed by atoms with van der Waals surface area (Å²) < 4.78 is 10.2. The fraction of sp³-hybridized carbons (Fsp3) is 0.900. The van der Waals surface area contributed by atoms with Crippen molar-refractivity contribution >= 4 is 5.97 Å². The van der Waals surface area contributed by atoms with E-state index in [1.54, 1.807) is 14.0 Å². The van der Waals surface area contributed by atoms with E-state index in [2.05, 4.69) is 5.32 Å². The minimum atomic E-state index is -0.719. The Kier molecular flexibility index (Phi) is 3.89. The highest BCUT2D eigenvalue weighted by atomic mass is 16.5. The van der Waals surface area contributed by atoms with E-state index in [0.717, 1.165) is 6.61 Å². The van der Waals surface area contributed by atoms with Crippen LogP contribution in [-0.4, -0.2) is 38.9 Å². The minimum absolute atomic E-state index is 0.282. The lowest BCUT2D eigenvalue weighted by molar-refractivity contribution is -0.150. The van der Waals surface area contributed by atoms with E-state index in [4.69, 9.17) is 9.47 Å². The van der Waals surface area contributed by atoms with Crippen molar-refractivity contribution in [2.45, 2.75) is 25.3 Å². The third-order valence-electron chi connectivity index (χ3n) is 2.63. The summed E-state index contributed by atoms with van der Waals surface area (Å²) in [5, 5.41) is 2.92. The number of carbonyl (C=O) groups is 1. The van der Waals surface area contributed by atoms with Gasteiger partial charge in [0, 0.05) is 6.61 Å². The molecule has 1 atom stereocenters. The van der Waals surface area contributed by atoms with Crippen LogP contribution in [0.5, 0.6) is 0 Å². The van der Waals surface area contributed by atoms with Crippen molar-refractivity contribution in [3.63, 3.8) is 0 Å². The summed E-state index contributed by atoms with van der Waals surface area (Å²) in [4.78, 5) is 11.4. The monoisotopic (exact) mass is 201 g/mol. The second-order valence-electron chi connectivity index (χ2n) is 4.03. The normalized spacial score (nSPS) is 20.2. The van der Waals surface area contributed by atoms with Crippen molar-refractivity contribution < 1.29 is 14.3 Å². The van der Waals surface area contributed by atoms with Crippen LogP contribution in [-0.2, 0) is 14.3 Å². The number of esters is 1. The number of methoxy groups -OCH3 is 1. The van der Waals surface area contributed by atoms with Crippen LogP contribution in [0.1, 0.15) is 19.8 Å². The Morgan fingerprint density at radius 1 is 1.57 bits per heavy atom.